The Hall–Kier alpha value is -0.850. The number of urea groups is 1. The molecule has 0 aliphatic carbocycles. The van der Waals surface area contributed by atoms with E-state index in [4.69, 9.17) is 10.0 Å². The van der Waals surface area contributed by atoms with Crippen LogP contribution in [-0.4, -0.2) is 36.1 Å². The van der Waals surface area contributed by atoms with Crippen LogP contribution < -0.4 is 16.8 Å². The number of amides is 2. The minimum Gasteiger partial charge on any atom is -0.352 e. The summed E-state index contributed by atoms with van der Waals surface area (Å²) in [4.78, 5) is 9.00. The Kier molecular flexibility index (Phi) is 4.55. The normalized spacial score (nSPS) is 17.7. The molecular formula is C4H12N4O2. The molecule has 0 spiro atoms. The highest BCUT2D eigenvalue weighted by molar-refractivity contribution is 5.69. The van der Waals surface area contributed by atoms with Gasteiger partial charge in [0.05, 0.1) is 6.67 Å². The van der Waals surface area contributed by atoms with Crippen LogP contribution in [0, 0.1) is 0 Å². The van der Waals surface area contributed by atoms with Crippen LogP contribution >= 0.6 is 0 Å². The smallest absolute Gasteiger partial charge is 0.309 e. The largest absolute Gasteiger partial charge is 0.352 e. The summed E-state index contributed by atoms with van der Waals surface area (Å²) in [6, 6.07) is -0.833. The van der Waals surface area contributed by atoms with Gasteiger partial charge in [0.15, 0.2) is 0 Å². The molecule has 1 heterocycles. The minimum absolute atomic E-state index is 0.625. The van der Waals surface area contributed by atoms with E-state index < -0.39 is 6.03 Å². The molecule has 6 nitrogen and oxygen atoms in total. The fourth-order valence-electron chi connectivity index (χ4n) is 0.495. The average Bonchev–Trinajstić information content (AvgIpc) is 2.15. The molecule has 1 aliphatic heterocycles. The molecule has 6 heteroatoms. The van der Waals surface area contributed by atoms with Gasteiger partial charge in [-0.2, -0.15) is 5.06 Å². The van der Waals surface area contributed by atoms with Gasteiger partial charge in [0.1, 0.15) is 0 Å². The lowest BCUT2D eigenvalue weighted by Gasteiger charge is -1.97. The molecule has 0 bridgehead atoms. The molecule has 10 heavy (non-hydrogen) atoms. The molecule has 1 fully saturated rings. The highest BCUT2D eigenvalue weighted by atomic mass is 16.5. The molecule has 0 aromatic carbocycles. The molecule has 6 N–H and O–H groups in total. The van der Waals surface area contributed by atoms with E-state index in [-0.39, 0.29) is 0 Å². The third-order valence-electron chi connectivity index (χ3n) is 0.841. The van der Waals surface area contributed by atoms with Gasteiger partial charge >= 0.3 is 6.03 Å². The van der Waals surface area contributed by atoms with Crippen LogP contribution in [0.15, 0.2) is 0 Å². The van der Waals surface area contributed by atoms with Gasteiger partial charge in [0.2, 0.25) is 0 Å². The Morgan fingerprint density at radius 2 is 2.10 bits per heavy atom. The van der Waals surface area contributed by atoms with Crippen molar-refractivity contribution in [2.24, 2.45) is 11.5 Å². The van der Waals surface area contributed by atoms with Crippen molar-refractivity contribution in [2.45, 2.75) is 0 Å². The number of hydroxylamine groups is 2. The summed E-state index contributed by atoms with van der Waals surface area (Å²) in [6.45, 7) is 2.30. The summed E-state index contributed by atoms with van der Waals surface area (Å²) in [5.41, 5.74) is 8.50. The SMILES string of the molecule is NC(N)=O.ON1CCNC1. The zero-order chi connectivity index (χ0) is 7.98. The van der Waals surface area contributed by atoms with Crippen molar-refractivity contribution in [1.82, 2.24) is 10.4 Å². The monoisotopic (exact) mass is 148 g/mol. The van der Waals surface area contributed by atoms with Crippen LogP contribution in [0.25, 0.3) is 0 Å². The Balaban J connectivity index is 0.000000180. The van der Waals surface area contributed by atoms with Crippen LogP contribution in [-0.2, 0) is 0 Å². The zero-order valence-corrected chi connectivity index (χ0v) is 5.58. The lowest BCUT2D eigenvalue weighted by atomic mass is 10.7. The molecule has 1 rings (SSSR count). The Bertz CT molecular complexity index is 97.4. The number of rotatable bonds is 0. The number of primary amides is 2. The van der Waals surface area contributed by atoms with E-state index in [9.17, 15) is 0 Å². The maximum absolute atomic E-state index is 9.00. The summed E-state index contributed by atoms with van der Waals surface area (Å²) < 4.78 is 0. The van der Waals surface area contributed by atoms with Crippen LogP contribution in [0.1, 0.15) is 0 Å². The van der Waals surface area contributed by atoms with Crippen LogP contribution in [0.5, 0.6) is 0 Å². The summed E-state index contributed by atoms with van der Waals surface area (Å²) in [5.74, 6) is 0. The molecule has 0 unspecified atom stereocenters. The third-order valence-corrected chi connectivity index (χ3v) is 0.841. The first-order valence-corrected chi connectivity index (χ1v) is 2.82. The van der Waals surface area contributed by atoms with E-state index in [1.54, 1.807) is 0 Å². The molecule has 0 atom stereocenters. The minimum atomic E-state index is -0.833. The number of nitrogens with two attached hydrogens (primary N) is 2. The Morgan fingerprint density at radius 3 is 2.20 bits per heavy atom. The summed E-state index contributed by atoms with van der Waals surface area (Å²) >= 11 is 0. The second kappa shape index (κ2) is 4.98. The van der Waals surface area contributed by atoms with Crippen molar-refractivity contribution >= 4 is 6.03 Å². The number of carbonyl (C=O) groups is 1. The first-order chi connectivity index (χ1) is 4.63. The lowest BCUT2D eigenvalue weighted by molar-refractivity contribution is -0.0689. The number of hydrogen-bond acceptors (Lipinski definition) is 4. The van der Waals surface area contributed by atoms with Crippen molar-refractivity contribution < 1.29 is 10.0 Å². The van der Waals surface area contributed by atoms with Gasteiger partial charge in [-0.15, -0.1) is 0 Å². The van der Waals surface area contributed by atoms with Gasteiger partial charge in [0, 0.05) is 13.1 Å². The van der Waals surface area contributed by atoms with Crippen LogP contribution in [0.3, 0.4) is 0 Å². The Labute approximate surface area is 58.7 Å². The third kappa shape index (κ3) is 7.15. The molecule has 1 aliphatic rings. The van der Waals surface area contributed by atoms with Crippen molar-refractivity contribution in [1.29, 1.82) is 0 Å². The average molecular weight is 148 g/mol. The highest BCUT2D eigenvalue weighted by Crippen LogP contribution is 1.81. The molecule has 2 amide bonds. The van der Waals surface area contributed by atoms with E-state index in [1.807, 2.05) is 0 Å². The highest BCUT2D eigenvalue weighted by Gasteiger charge is 2.04. The van der Waals surface area contributed by atoms with E-state index >= 15 is 0 Å². The van der Waals surface area contributed by atoms with E-state index in [0.29, 0.717) is 6.67 Å². The van der Waals surface area contributed by atoms with Gasteiger partial charge in [-0.3, -0.25) is 0 Å². The number of carbonyl (C=O) groups excluding carboxylic acids is 1. The quantitative estimate of drug-likeness (QED) is 0.327. The predicted octanol–water partition coefficient (Wildman–Crippen LogP) is -1.74. The molecule has 60 valence electrons. The fourth-order valence-corrected chi connectivity index (χ4v) is 0.495. The molecule has 1 saturated heterocycles. The molecule has 0 radical (unpaired) electrons. The first kappa shape index (κ1) is 9.15. The van der Waals surface area contributed by atoms with Crippen molar-refractivity contribution in [2.75, 3.05) is 19.8 Å². The van der Waals surface area contributed by atoms with Crippen molar-refractivity contribution in [3.63, 3.8) is 0 Å². The van der Waals surface area contributed by atoms with E-state index in [2.05, 4.69) is 16.8 Å². The summed E-state index contributed by atoms with van der Waals surface area (Å²) in [6.07, 6.45) is 0. The molecule has 0 aromatic rings. The van der Waals surface area contributed by atoms with E-state index in [0.717, 1.165) is 13.1 Å². The molecule has 0 saturated carbocycles. The summed E-state index contributed by atoms with van der Waals surface area (Å²) in [5, 5.41) is 12.7. The predicted molar refractivity (Wildman–Crippen MR) is 35.1 cm³/mol. The van der Waals surface area contributed by atoms with Gasteiger partial charge in [-0.1, -0.05) is 0 Å². The standard InChI is InChI=1S/C3H8N2O.CH4N2O/c6-5-2-1-4-3-5;2-1(3)4/h4,6H,1-3H2;(H4,2,3,4). The van der Waals surface area contributed by atoms with Gasteiger partial charge in [-0.05, 0) is 0 Å². The lowest BCUT2D eigenvalue weighted by Crippen LogP contribution is -2.18. The topological polar surface area (TPSA) is 105 Å². The first-order valence-electron chi connectivity index (χ1n) is 2.82. The number of nitrogens with one attached hydrogen (secondary N) is 1. The van der Waals surface area contributed by atoms with Gasteiger partial charge < -0.3 is 22.0 Å². The van der Waals surface area contributed by atoms with Crippen molar-refractivity contribution in [3.8, 4) is 0 Å². The number of hydrogen-bond donors (Lipinski definition) is 4. The molecule has 0 aromatic heterocycles. The zero-order valence-electron chi connectivity index (χ0n) is 5.58. The fraction of sp³-hybridized carbons (Fsp3) is 0.750. The Morgan fingerprint density at radius 1 is 1.60 bits per heavy atom. The van der Waals surface area contributed by atoms with Gasteiger partial charge in [-0.25, -0.2) is 4.79 Å². The maximum atomic E-state index is 9.00. The molecular weight excluding hydrogens is 136 g/mol. The van der Waals surface area contributed by atoms with Gasteiger partial charge in [0.25, 0.3) is 0 Å². The number of nitrogens with zero attached hydrogens (tertiary/aromatic N) is 1. The second-order valence-electron chi connectivity index (χ2n) is 1.79. The van der Waals surface area contributed by atoms with Crippen LogP contribution in [0.2, 0.25) is 0 Å². The van der Waals surface area contributed by atoms with Crippen LogP contribution in [0.4, 0.5) is 4.79 Å². The second-order valence-corrected chi connectivity index (χ2v) is 1.79. The van der Waals surface area contributed by atoms with E-state index in [1.165, 1.54) is 5.06 Å². The summed E-state index contributed by atoms with van der Waals surface area (Å²) in [7, 11) is 0. The maximum Gasteiger partial charge on any atom is 0.309 e. The van der Waals surface area contributed by atoms with Crippen molar-refractivity contribution in [3.05, 3.63) is 0 Å².